The fourth-order valence-electron chi connectivity index (χ4n) is 5.91. The fourth-order valence-corrected chi connectivity index (χ4v) is 5.91. The quantitative estimate of drug-likeness (QED) is 0.179. The smallest absolute Gasteiger partial charge is 0.132 e. The van der Waals surface area contributed by atoms with E-state index in [1.165, 1.54) is 24.1 Å². The molecule has 0 unspecified atom stereocenters. The largest absolute Gasteiger partial charge is 0.323 e. The Labute approximate surface area is 266 Å². The fraction of sp³-hybridized carbons (Fsp3) is 0.333. The number of benzene rings is 4. The van der Waals surface area contributed by atoms with Crippen LogP contribution in [-0.2, 0) is 13.1 Å². The molecule has 4 nitrogen and oxygen atoms in total. The molecule has 234 valence electrons. The van der Waals surface area contributed by atoms with Crippen molar-refractivity contribution in [1.29, 1.82) is 5.41 Å². The van der Waals surface area contributed by atoms with Gasteiger partial charge in [-0.1, -0.05) is 81.8 Å². The number of para-hydroxylation sites is 2. The van der Waals surface area contributed by atoms with Crippen LogP contribution >= 0.6 is 0 Å². The number of aromatic nitrogens is 2. The molecule has 4 aromatic carbocycles. The van der Waals surface area contributed by atoms with E-state index >= 15 is 0 Å². The maximum Gasteiger partial charge on any atom is 0.132 e. The van der Waals surface area contributed by atoms with Crippen LogP contribution in [0.25, 0.3) is 11.0 Å². The van der Waals surface area contributed by atoms with Crippen molar-refractivity contribution in [2.45, 2.75) is 66.0 Å². The lowest BCUT2D eigenvalue weighted by molar-refractivity contribution is 0.200. The summed E-state index contributed by atoms with van der Waals surface area (Å²) in [6.07, 6.45) is 3.31. The molecule has 6 rings (SSSR count). The zero-order valence-corrected chi connectivity index (χ0v) is 26.9. The van der Waals surface area contributed by atoms with Crippen molar-refractivity contribution in [3.63, 3.8) is 0 Å². The van der Waals surface area contributed by atoms with Crippen LogP contribution in [-0.4, -0.2) is 33.3 Å². The summed E-state index contributed by atoms with van der Waals surface area (Å²) in [5.41, 5.74) is 6.46. The van der Waals surface area contributed by atoms with Gasteiger partial charge in [0.05, 0.1) is 16.7 Å². The molecule has 0 saturated carbocycles. The number of halogens is 2. The standard InChI is InChI=1S/C34H32F2N4.C5H12/c1-23-19-25(13-14-28(23)33(37)29-9-2-3-10-30(29)36)21-39-17-15-26(16-18-39)34-38-31-11-4-5-12-32(31)40(34)22-24-7-6-8-27(35)20-24;1-4-5(2)3/h2-14,19-20,26,37H,15-18,21-22H2,1H3;5H,4H2,1-3H3. The molecule has 0 radical (unpaired) electrons. The Morgan fingerprint density at radius 1 is 0.844 bits per heavy atom. The number of piperidine rings is 1. The summed E-state index contributed by atoms with van der Waals surface area (Å²) in [4.78, 5) is 7.50. The van der Waals surface area contributed by atoms with Crippen molar-refractivity contribution in [3.8, 4) is 0 Å². The van der Waals surface area contributed by atoms with Crippen LogP contribution in [0.15, 0.2) is 91.0 Å². The Morgan fingerprint density at radius 3 is 2.22 bits per heavy atom. The van der Waals surface area contributed by atoms with E-state index in [-0.39, 0.29) is 17.3 Å². The molecule has 0 spiro atoms. The van der Waals surface area contributed by atoms with Crippen LogP contribution in [0.1, 0.15) is 79.6 Å². The van der Waals surface area contributed by atoms with Gasteiger partial charge in [-0.25, -0.2) is 13.8 Å². The molecule has 1 aromatic heterocycles. The maximum absolute atomic E-state index is 14.2. The van der Waals surface area contributed by atoms with Gasteiger partial charge in [0.15, 0.2) is 0 Å². The summed E-state index contributed by atoms with van der Waals surface area (Å²) in [7, 11) is 0. The van der Waals surface area contributed by atoms with Gasteiger partial charge in [-0.15, -0.1) is 0 Å². The summed E-state index contributed by atoms with van der Waals surface area (Å²) in [6.45, 7) is 12.0. The van der Waals surface area contributed by atoms with Gasteiger partial charge < -0.3 is 4.57 Å². The number of hydrogen-bond donors (Lipinski definition) is 1. The first-order chi connectivity index (χ1) is 21.7. The lowest BCUT2D eigenvalue weighted by atomic mass is 9.94. The van der Waals surface area contributed by atoms with E-state index in [0.717, 1.165) is 71.9 Å². The third-order valence-corrected chi connectivity index (χ3v) is 8.79. The summed E-state index contributed by atoms with van der Waals surface area (Å²) in [5.74, 6) is 1.71. The van der Waals surface area contributed by atoms with Crippen molar-refractivity contribution < 1.29 is 8.78 Å². The maximum atomic E-state index is 14.2. The Morgan fingerprint density at radius 2 is 1.53 bits per heavy atom. The number of nitrogens with one attached hydrogen (secondary N) is 1. The molecule has 0 bridgehead atoms. The molecule has 5 aromatic rings. The Hall–Kier alpha value is -4.16. The van der Waals surface area contributed by atoms with Crippen LogP contribution in [0.4, 0.5) is 8.78 Å². The minimum absolute atomic E-state index is 0.212. The average molecular weight is 607 g/mol. The van der Waals surface area contributed by atoms with Gasteiger partial charge >= 0.3 is 0 Å². The monoisotopic (exact) mass is 606 g/mol. The van der Waals surface area contributed by atoms with Gasteiger partial charge in [0, 0.05) is 30.1 Å². The molecule has 0 atom stereocenters. The predicted octanol–water partition coefficient (Wildman–Crippen LogP) is 9.52. The van der Waals surface area contributed by atoms with Crippen LogP contribution in [0.2, 0.25) is 0 Å². The van der Waals surface area contributed by atoms with Gasteiger partial charge in [-0.05, 0) is 91.9 Å². The molecule has 6 heteroatoms. The van der Waals surface area contributed by atoms with Crippen LogP contribution in [0.5, 0.6) is 0 Å². The number of aryl methyl sites for hydroxylation is 1. The van der Waals surface area contributed by atoms with Crippen molar-refractivity contribution >= 4 is 16.7 Å². The molecule has 1 aliphatic rings. The van der Waals surface area contributed by atoms with E-state index < -0.39 is 0 Å². The Balaban J connectivity index is 0.000000743. The number of nitrogens with zero attached hydrogens (tertiary/aromatic N) is 3. The molecule has 1 aliphatic heterocycles. The summed E-state index contributed by atoms with van der Waals surface area (Å²) in [6, 6.07) is 27.6. The first-order valence-electron chi connectivity index (χ1n) is 16.1. The topological polar surface area (TPSA) is 44.9 Å². The van der Waals surface area contributed by atoms with Gasteiger partial charge in [-0.3, -0.25) is 10.3 Å². The third kappa shape index (κ3) is 7.93. The highest BCUT2D eigenvalue weighted by atomic mass is 19.1. The van der Waals surface area contributed by atoms with Gasteiger partial charge in [0.2, 0.25) is 0 Å². The lowest BCUT2D eigenvalue weighted by Gasteiger charge is -2.32. The normalized spacial score (nSPS) is 14.0. The van der Waals surface area contributed by atoms with Gasteiger partial charge in [0.1, 0.15) is 17.5 Å². The SMILES string of the molecule is CCC(C)C.Cc1cc(CN2CCC(c3nc4ccccc4n3Cc3cccc(F)c3)CC2)ccc1C(=N)c1ccccc1F. The van der Waals surface area contributed by atoms with Gasteiger partial charge in [0.25, 0.3) is 0 Å². The summed E-state index contributed by atoms with van der Waals surface area (Å²) < 4.78 is 30.4. The third-order valence-electron chi connectivity index (χ3n) is 8.79. The zero-order chi connectivity index (χ0) is 31.9. The number of imidazole rings is 1. The number of likely N-dealkylation sites (tertiary alicyclic amines) is 1. The second kappa shape index (κ2) is 14.7. The van der Waals surface area contributed by atoms with E-state index in [9.17, 15) is 8.78 Å². The van der Waals surface area contributed by atoms with Crippen LogP contribution in [0, 0.1) is 29.9 Å². The summed E-state index contributed by atoms with van der Waals surface area (Å²) in [5, 5.41) is 8.54. The van der Waals surface area contributed by atoms with Crippen LogP contribution in [0.3, 0.4) is 0 Å². The van der Waals surface area contributed by atoms with E-state index in [1.807, 2.05) is 37.3 Å². The van der Waals surface area contributed by atoms with Gasteiger partial charge in [-0.2, -0.15) is 0 Å². The zero-order valence-electron chi connectivity index (χ0n) is 26.9. The number of hydrogen-bond acceptors (Lipinski definition) is 3. The highest BCUT2D eigenvalue weighted by Gasteiger charge is 2.26. The molecule has 1 saturated heterocycles. The van der Waals surface area contributed by atoms with E-state index in [4.69, 9.17) is 10.4 Å². The van der Waals surface area contributed by atoms with Crippen molar-refractivity contribution in [1.82, 2.24) is 14.5 Å². The molecular weight excluding hydrogens is 562 g/mol. The molecule has 2 heterocycles. The van der Waals surface area contributed by atoms with Crippen molar-refractivity contribution in [3.05, 3.63) is 136 Å². The van der Waals surface area contributed by atoms with E-state index in [1.54, 1.807) is 30.3 Å². The molecule has 1 N–H and O–H groups in total. The molecule has 1 fully saturated rings. The second-order valence-corrected chi connectivity index (χ2v) is 12.5. The predicted molar refractivity (Wildman–Crippen MR) is 181 cm³/mol. The van der Waals surface area contributed by atoms with E-state index in [0.29, 0.717) is 18.0 Å². The van der Waals surface area contributed by atoms with Crippen LogP contribution < -0.4 is 0 Å². The second-order valence-electron chi connectivity index (χ2n) is 12.5. The molecule has 45 heavy (non-hydrogen) atoms. The van der Waals surface area contributed by atoms with E-state index in [2.05, 4.69) is 48.4 Å². The van der Waals surface area contributed by atoms with Crippen molar-refractivity contribution in [2.75, 3.05) is 13.1 Å². The first kappa shape index (κ1) is 32.2. The van der Waals surface area contributed by atoms with Crippen molar-refractivity contribution in [2.24, 2.45) is 5.92 Å². The first-order valence-corrected chi connectivity index (χ1v) is 16.1. The minimum atomic E-state index is -0.372. The molecule has 0 aliphatic carbocycles. The molecular formula is C39H44F2N4. The highest BCUT2D eigenvalue weighted by molar-refractivity contribution is 6.11. The number of rotatable bonds is 8. The highest BCUT2D eigenvalue weighted by Crippen LogP contribution is 2.32. The minimum Gasteiger partial charge on any atom is -0.323 e. The number of fused-ring (bicyclic) bond motifs is 1. The summed E-state index contributed by atoms with van der Waals surface area (Å²) >= 11 is 0. The average Bonchev–Trinajstić information content (AvgIpc) is 3.40. The Kier molecular flexibility index (Phi) is 10.6. The lowest BCUT2D eigenvalue weighted by Crippen LogP contribution is -2.33. The Bertz CT molecular complexity index is 1750. The molecule has 0 amide bonds.